The largest absolute Gasteiger partial charge is 0.0622 e. The average molecular weight is 528 g/mol. The molecule has 0 nitrogen and oxygen atoms in total. The van der Waals surface area contributed by atoms with Crippen LogP contribution in [-0.4, -0.2) is 28.6 Å². The van der Waals surface area contributed by atoms with Crippen LogP contribution in [0, 0.1) is 23.2 Å². The summed E-state index contributed by atoms with van der Waals surface area (Å²) in [5.41, 5.74) is 1.20. The molecule has 0 aromatic heterocycles. The lowest BCUT2D eigenvalue weighted by Crippen LogP contribution is -2.58. The molecule has 4 aromatic carbocycles. The van der Waals surface area contributed by atoms with Crippen LogP contribution in [0.5, 0.6) is 0 Å². The Hall–Kier alpha value is -2.13. The van der Waals surface area contributed by atoms with Crippen LogP contribution >= 0.6 is 15.8 Å². The zero-order valence-electron chi connectivity index (χ0n) is 22.5. The second-order valence-corrected chi connectivity index (χ2v) is 15.8. The Morgan fingerprint density at radius 1 is 0.579 bits per heavy atom. The van der Waals surface area contributed by atoms with Gasteiger partial charge in [0.05, 0.1) is 0 Å². The third kappa shape index (κ3) is 5.46. The number of rotatable bonds is 7. The summed E-state index contributed by atoms with van der Waals surface area (Å²) in [6, 6.07) is 45.7. The van der Waals surface area contributed by atoms with Crippen molar-refractivity contribution in [2.45, 2.75) is 32.3 Å². The maximum Gasteiger partial charge on any atom is 0 e. The summed E-state index contributed by atoms with van der Waals surface area (Å²) in [4.78, 5) is 0. The van der Waals surface area contributed by atoms with E-state index in [-0.39, 0.29) is 16.8 Å². The quantitative estimate of drug-likeness (QED) is 0.189. The number of hydrogen-bond donors (Lipinski definition) is 0. The van der Waals surface area contributed by atoms with Crippen LogP contribution in [0.3, 0.4) is 0 Å². The highest BCUT2D eigenvalue weighted by molar-refractivity contribution is 7.74. The Kier molecular flexibility index (Phi) is 9.40. The molecule has 4 atom stereocenters. The molecule has 6 radical (unpaired) electrons. The van der Waals surface area contributed by atoms with Crippen molar-refractivity contribution in [3.8, 4) is 0 Å². The molecule has 4 heteroatoms. The van der Waals surface area contributed by atoms with Gasteiger partial charge < -0.3 is 0 Å². The van der Waals surface area contributed by atoms with Crippen LogP contribution in [0.4, 0.5) is 0 Å². The van der Waals surface area contributed by atoms with Crippen molar-refractivity contribution < 1.29 is 0 Å². The van der Waals surface area contributed by atoms with Crippen molar-refractivity contribution in [2.24, 2.45) is 23.2 Å². The standard InChI is InChI=1S/C34H36P2.2B/c1-34(2)26-23-32(34)31(25-35(27-15-7-3-8-16-27)28-17-9-4-10-18-28)33(24-26)36(29-19-11-5-12-20-29)30-21-13-6-14-22-30;;/h3-22,26,31-33H,23-25H2,1-2H3;;/t26-,31-,32+,33+;;/m1../s1. The molecule has 38 heavy (non-hydrogen) atoms. The van der Waals surface area contributed by atoms with E-state index in [1.54, 1.807) is 10.6 Å². The van der Waals surface area contributed by atoms with E-state index in [2.05, 4.69) is 135 Å². The number of hydrogen-bond acceptors (Lipinski definition) is 0. The van der Waals surface area contributed by atoms with Gasteiger partial charge >= 0.3 is 0 Å². The third-order valence-electron chi connectivity index (χ3n) is 9.01. The second kappa shape index (κ2) is 12.4. The smallest absolute Gasteiger partial charge is 0 e. The summed E-state index contributed by atoms with van der Waals surface area (Å²) in [6.07, 6.45) is 4.09. The second-order valence-electron chi connectivity index (χ2n) is 11.2. The maximum absolute atomic E-state index is 2.57. The average Bonchev–Trinajstić information content (AvgIpc) is 2.94. The molecule has 4 aromatic rings. The summed E-state index contributed by atoms with van der Waals surface area (Å²) < 4.78 is 0. The fourth-order valence-corrected chi connectivity index (χ4v) is 13.1. The van der Waals surface area contributed by atoms with Crippen molar-refractivity contribution in [1.82, 2.24) is 0 Å². The van der Waals surface area contributed by atoms with Gasteiger partial charge in [0.1, 0.15) is 0 Å². The monoisotopic (exact) mass is 528 g/mol. The minimum absolute atomic E-state index is 0. The first-order valence-electron chi connectivity index (χ1n) is 13.4. The lowest BCUT2D eigenvalue weighted by atomic mass is 9.46. The summed E-state index contributed by atoms with van der Waals surface area (Å²) >= 11 is 0. The Morgan fingerprint density at radius 3 is 1.37 bits per heavy atom. The minimum atomic E-state index is -0.404. The SMILES string of the molecule is CC1(C)[C@H]2C[C@H](P(c3ccccc3)c3ccccc3)[C@H](CP(c3ccccc3)c3ccccc3)[C@@H]1C2.[B].[B]. The zero-order chi connectivity index (χ0) is 24.5. The molecule has 188 valence electrons. The molecular formula is C34H36B2P2. The Morgan fingerprint density at radius 2 is 0.974 bits per heavy atom. The molecule has 0 heterocycles. The topological polar surface area (TPSA) is 0 Å². The molecule has 0 unspecified atom stereocenters. The highest BCUT2D eigenvalue weighted by Crippen LogP contribution is 2.68. The highest BCUT2D eigenvalue weighted by atomic mass is 31.1. The van der Waals surface area contributed by atoms with Gasteiger partial charge in [-0.2, -0.15) is 0 Å². The molecule has 3 fully saturated rings. The molecule has 3 aliphatic rings. The molecule has 2 bridgehead atoms. The van der Waals surface area contributed by atoms with Crippen molar-refractivity contribution >= 4 is 53.9 Å². The molecule has 0 amide bonds. The van der Waals surface area contributed by atoms with Crippen LogP contribution < -0.4 is 21.2 Å². The van der Waals surface area contributed by atoms with Crippen LogP contribution in [0.25, 0.3) is 0 Å². The van der Waals surface area contributed by atoms with Crippen LogP contribution in [-0.2, 0) is 0 Å². The molecule has 0 spiro atoms. The summed E-state index contributed by atoms with van der Waals surface area (Å²) in [5, 5.41) is 6.16. The third-order valence-corrected chi connectivity index (χ3v) is 14.6. The lowest BCUT2D eigenvalue weighted by molar-refractivity contribution is -0.0944. The molecule has 3 saturated carbocycles. The van der Waals surface area contributed by atoms with E-state index in [4.69, 9.17) is 0 Å². The lowest BCUT2D eigenvalue weighted by Gasteiger charge is -2.64. The summed E-state index contributed by atoms with van der Waals surface area (Å²) in [5.74, 6) is 2.42. The van der Waals surface area contributed by atoms with Crippen LogP contribution in [0.2, 0.25) is 0 Å². The molecule has 0 saturated heterocycles. The van der Waals surface area contributed by atoms with Gasteiger partial charge in [0, 0.05) is 16.8 Å². The summed E-state index contributed by atoms with van der Waals surface area (Å²) in [6.45, 7) is 5.13. The Labute approximate surface area is 236 Å². The van der Waals surface area contributed by atoms with Gasteiger partial charge in [0.25, 0.3) is 0 Å². The van der Waals surface area contributed by atoms with E-state index >= 15 is 0 Å². The first-order chi connectivity index (χ1) is 17.6. The van der Waals surface area contributed by atoms with Gasteiger partial charge in [-0.25, -0.2) is 0 Å². The van der Waals surface area contributed by atoms with Gasteiger partial charge in [-0.3, -0.25) is 0 Å². The fraction of sp³-hybridized carbons (Fsp3) is 0.294. The predicted molar refractivity (Wildman–Crippen MR) is 172 cm³/mol. The van der Waals surface area contributed by atoms with Gasteiger partial charge in [-0.1, -0.05) is 135 Å². The Bertz CT molecular complexity index is 1190. The number of fused-ring (bicyclic) bond motifs is 2. The van der Waals surface area contributed by atoms with Gasteiger partial charge in [-0.15, -0.1) is 0 Å². The van der Waals surface area contributed by atoms with E-state index in [1.165, 1.54) is 29.6 Å². The minimum Gasteiger partial charge on any atom is -0.0622 e. The van der Waals surface area contributed by atoms with E-state index in [1.807, 2.05) is 0 Å². The predicted octanol–water partition coefficient (Wildman–Crippen LogP) is 6.54. The van der Waals surface area contributed by atoms with Crippen molar-refractivity contribution in [1.29, 1.82) is 0 Å². The van der Waals surface area contributed by atoms with Gasteiger partial charge in [0.2, 0.25) is 0 Å². The van der Waals surface area contributed by atoms with Gasteiger partial charge in [0.15, 0.2) is 0 Å². The molecular weight excluding hydrogens is 492 g/mol. The summed E-state index contributed by atoms with van der Waals surface area (Å²) in [7, 11) is -0.800. The van der Waals surface area contributed by atoms with Crippen LogP contribution in [0.15, 0.2) is 121 Å². The van der Waals surface area contributed by atoms with Crippen LogP contribution in [0.1, 0.15) is 26.7 Å². The molecule has 0 N–H and O–H groups in total. The first-order valence-corrected chi connectivity index (χ1v) is 16.3. The normalized spacial score (nSPS) is 23.2. The molecule has 7 rings (SSSR count). The van der Waals surface area contributed by atoms with E-state index in [0.717, 1.165) is 23.4 Å². The number of benzene rings is 4. The van der Waals surface area contributed by atoms with E-state index in [0.29, 0.717) is 5.41 Å². The fourth-order valence-electron chi connectivity index (χ4n) is 6.96. The first kappa shape index (κ1) is 28.9. The van der Waals surface area contributed by atoms with E-state index < -0.39 is 15.8 Å². The van der Waals surface area contributed by atoms with E-state index in [9.17, 15) is 0 Å². The van der Waals surface area contributed by atoms with Gasteiger partial charge in [-0.05, 0) is 84.9 Å². The molecule has 0 aliphatic heterocycles. The highest BCUT2D eigenvalue weighted by Gasteiger charge is 2.59. The molecule has 3 aliphatic carbocycles. The zero-order valence-corrected chi connectivity index (χ0v) is 24.3. The maximum atomic E-state index is 2.57. The van der Waals surface area contributed by atoms with Crippen molar-refractivity contribution in [3.63, 3.8) is 0 Å². The van der Waals surface area contributed by atoms with Crippen molar-refractivity contribution in [2.75, 3.05) is 6.16 Å². The Balaban J connectivity index is 0.00000168. The van der Waals surface area contributed by atoms with Crippen molar-refractivity contribution in [3.05, 3.63) is 121 Å².